The molecule has 126 valence electrons. The number of nitrogens with zero attached hydrogens (tertiary/aromatic N) is 1. The highest BCUT2D eigenvalue weighted by atomic mass is 16.2. The first-order chi connectivity index (χ1) is 12.0. The van der Waals surface area contributed by atoms with E-state index in [9.17, 15) is 9.59 Å². The van der Waals surface area contributed by atoms with E-state index in [1.54, 1.807) is 6.20 Å². The molecule has 0 aliphatic carbocycles. The van der Waals surface area contributed by atoms with Crippen LogP contribution in [0.25, 0.3) is 10.9 Å². The van der Waals surface area contributed by atoms with Crippen LogP contribution in [0.5, 0.6) is 0 Å². The molecule has 0 saturated heterocycles. The Labute approximate surface area is 146 Å². The van der Waals surface area contributed by atoms with E-state index in [1.165, 1.54) is 5.56 Å². The molecule has 0 spiro atoms. The number of amides is 1. The first-order valence-corrected chi connectivity index (χ1v) is 8.55. The van der Waals surface area contributed by atoms with Gasteiger partial charge in [0.05, 0.1) is 5.52 Å². The van der Waals surface area contributed by atoms with E-state index in [4.69, 9.17) is 0 Å². The van der Waals surface area contributed by atoms with Crippen molar-refractivity contribution in [3.8, 4) is 0 Å². The summed E-state index contributed by atoms with van der Waals surface area (Å²) in [6.45, 7) is 4.54. The van der Waals surface area contributed by atoms with Gasteiger partial charge < -0.3 is 9.88 Å². The maximum absolute atomic E-state index is 12.8. The second-order valence-corrected chi connectivity index (χ2v) is 6.82. The summed E-state index contributed by atoms with van der Waals surface area (Å²) in [5, 5.41) is 3.51. The van der Waals surface area contributed by atoms with Crippen molar-refractivity contribution in [3.63, 3.8) is 0 Å². The molecule has 1 amide bonds. The first kappa shape index (κ1) is 15.6. The minimum atomic E-state index is -0.318. The van der Waals surface area contributed by atoms with Gasteiger partial charge in [0.15, 0.2) is 0 Å². The normalized spacial score (nSPS) is 15.5. The number of aromatic nitrogens is 1. The zero-order valence-electron chi connectivity index (χ0n) is 14.4. The van der Waals surface area contributed by atoms with Gasteiger partial charge in [-0.15, -0.1) is 0 Å². The maximum atomic E-state index is 12.8. The van der Waals surface area contributed by atoms with Crippen molar-refractivity contribution in [2.75, 3.05) is 0 Å². The number of carbonyl (C=O) groups is 1. The second-order valence-electron chi connectivity index (χ2n) is 6.82. The molecular weight excluding hydrogens is 312 g/mol. The van der Waals surface area contributed by atoms with Gasteiger partial charge in [-0.3, -0.25) is 9.59 Å². The largest absolute Gasteiger partial charge is 0.348 e. The SMILES string of the molecule is Cc1cccc(CNC(=O)c2cn3c4c(cccc4c2=O)C[C@@H]3C)c1. The topological polar surface area (TPSA) is 51.1 Å². The lowest BCUT2D eigenvalue weighted by atomic mass is 10.1. The highest BCUT2D eigenvalue weighted by molar-refractivity contribution is 5.98. The summed E-state index contributed by atoms with van der Waals surface area (Å²) < 4.78 is 2.06. The number of rotatable bonds is 3. The van der Waals surface area contributed by atoms with Crippen LogP contribution in [-0.4, -0.2) is 10.5 Å². The molecule has 0 bridgehead atoms. The van der Waals surface area contributed by atoms with Gasteiger partial charge in [-0.25, -0.2) is 0 Å². The molecular formula is C21H20N2O2. The van der Waals surface area contributed by atoms with E-state index in [0.717, 1.165) is 23.1 Å². The zero-order chi connectivity index (χ0) is 17.6. The third kappa shape index (κ3) is 2.64. The van der Waals surface area contributed by atoms with Crippen LogP contribution in [0.2, 0.25) is 0 Å². The third-order valence-corrected chi connectivity index (χ3v) is 4.91. The molecule has 0 saturated carbocycles. The Hall–Kier alpha value is -2.88. The molecule has 1 atom stereocenters. The van der Waals surface area contributed by atoms with Gasteiger partial charge in [0.25, 0.3) is 5.91 Å². The summed E-state index contributed by atoms with van der Waals surface area (Å²) in [6.07, 6.45) is 2.61. The highest BCUT2D eigenvalue weighted by Crippen LogP contribution is 2.30. The molecule has 4 nitrogen and oxygen atoms in total. The van der Waals surface area contributed by atoms with Crippen molar-refractivity contribution >= 4 is 16.8 Å². The minimum absolute atomic E-state index is 0.191. The van der Waals surface area contributed by atoms with Crippen molar-refractivity contribution < 1.29 is 4.79 Å². The number of hydrogen-bond acceptors (Lipinski definition) is 2. The molecule has 1 N–H and O–H groups in total. The Morgan fingerprint density at radius 2 is 2.04 bits per heavy atom. The number of carbonyl (C=O) groups excluding carboxylic acids is 1. The summed E-state index contributed by atoms with van der Waals surface area (Å²) in [5.74, 6) is -0.318. The average Bonchev–Trinajstić information content (AvgIpc) is 2.92. The molecule has 4 heteroatoms. The standard InChI is InChI=1S/C21H20N2O2/c1-13-5-3-6-15(9-13)11-22-21(25)18-12-23-14(2)10-16-7-4-8-17(19(16)23)20(18)24/h3-9,12,14H,10-11H2,1-2H3,(H,22,25)/t14-/m0/s1. The molecule has 0 unspecified atom stereocenters. The van der Waals surface area contributed by atoms with Crippen LogP contribution >= 0.6 is 0 Å². The van der Waals surface area contributed by atoms with Crippen molar-refractivity contribution in [1.82, 2.24) is 9.88 Å². The van der Waals surface area contributed by atoms with Crippen LogP contribution < -0.4 is 10.7 Å². The quantitative estimate of drug-likeness (QED) is 0.799. The van der Waals surface area contributed by atoms with Gasteiger partial charge in [0.1, 0.15) is 5.56 Å². The molecule has 2 heterocycles. The van der Waals surface area contributed by atoms with E-state index in [0.29, 0.717) is 11.9 Å². The fourth-order valence-corrected chi connectivity index (χ4v) is 3.68. The highest BCUT2D eigenvalue weighted by Gasteiger charge is 2.24. The number of pyridine rings is 1. The van der Waals surface area contributed by atoms with Crippen LogP contribution in [-0.2, 0) is 13.0 Å². The van der Waals surface area contributed by atoms with Gasteiger partial charge in [-0.1, -0.05) is 42.0 Å². The van der Waals surface area contributed by atoms with E-state index >= 15 is 0 Å². The van der Waals surface area contributed by atoms with E-state index in [1.807, 2.05) is 43.3 Å². The molecule has 0 fully saturated rings. The second kappa shape index (κ2) is 5.88. The number of benzene rings is 2. The predicted molar refractivity (Wildman–Crippen MR) is 99.0 cm³/mol. The Kier molecular flexibility index (Phi) is 3.68. The monoisotopic (exact) mass is 332 g/mol. The van der Waals surface area contributed by atoms with Gasteiger partial charge in [-0.05, 0) is 37.5 Å². The van der Waals surface area contributed by atoms with Gasteiger partial charge >= 0.3 is 0 Å². The van der Waals surface area contributed by atoms with Gasteiger partial charge in [0.2, 0.25) is 5.43 Å². The van der Waals surface area contributed by atoms with E-state index in [-0.39, 0.29) is 22.9 Å². The number of aryl methyl sites for hydroxylation is 1. The molecule has 2 aromatic carbocycles. The van der Waals surface area contributed by atoms with Crippen LogP contribution in [0.3, 0.4) is 0 Å². The Morgan fingerprint density at radius 1 is 1.24 bits per heavy atom. The predicted octanol–water partition coefficient (Wildman–Crippen LogP) is 3.36. The fraction of sp³-hybridized carbons (Fsp3) is 0.238. The van der Waals surface area contributed by atoms with Crippen molar-refractivity contribution in [2.45, 2.75) is 32.9 Å². The van der Waals surface area contributed by atoms with Crippen molar-refractivity contribution in [3.05, 3.63) is 81.1 Å². The Morgan fingerprint density at radius 3 is 2.84 bits per heavy atom. The number of para-hydroxylation sites is 1. The van der Waals surface area contributed by atoms with Crippen molar-refractivity contribution in [2.24, 2.45) is 0 Å². The van der Waals surface area contributed by atoms with Gasteiger partial charge in [0, 0.05) is 24.2 Å². The summed E-state index contributed by atoms with van der Waals surface area (Å²) in [6, 6.07) is 14.0. The Bertz CT molecular complexity index is 1050. The lowest BCUT2D eigenvalue weighted by molar-refractivity contribution is 0.0949. The Balaban J connectivity index is 1.69. The number of hydrogen-bond donors (Lipinski definition) is 1. The molecule has 1 aromatic heterocycles. The number of nitrogens with one attached hydrogen (secondary N) is 1. The van der Waals surface area contributed by atoms with Crippen LogP contribution in [0.1, 0.15) is 40.0 Å². The summed E-state index contributed by atoms with van der Waals surface area (Å²) in [4.78, 5) is 25.4. The average molecular weight is 332 g/mol. The smallest absolute Gasteiger partial charge is 0.257 e. The van der Waals surface area contributed by atoms with Crippen LogP contribution in [0.15, 0.2) is 53.5 Å². The first-order valence-electron chi connectivity index (χ1n) is 8.55. The summed E-state index contributed by atoms with van der Waals surface area (Å²) in [7, 11) is 0. The van der Waals surface area contributed by atoms with Crippen molar-refractivity contribution in [1.29, 1.82) is 0 Å². The van der Waals surface area contributed by atoms with Crippen LogP contribution in [0, 0.1) is 6.92 Å². The fourth-order valence-electron chi connectivity index (χ4n) is 3.68. The minimum Gasteiger partial charge on any atom is -0.348 e. The van der Waals surface area contributed by atoms with E-state index in [2.05, 4.69) is 22.9 Å². The zero-order valence-corrected chi connectivity index (χ0v) is 14.4. The lowest BCUT2D eigenvalue weighted by Crippen LogP contribution is -2.29. The molecule has 3 aromatic rings. The van der Waals surface area contributed by atoms with Gasteiger partial charge in [-0.2, -0.15) is 0 Å². The van der Waals surface area contributed by atoms with E-state index < -0.39 is 0 Å². The molecule has 4 rings (SSSR count). The summed E-state index contributed by atoms with van der Waals surface area (Å²) >= 11 is 0. The summed E-state index contributed by atoms with van der Waals surface area (Å²) in [5.41, 5.74) is 4.33. The molecule has 1 aliphatic rings. The third-order valence-electron chi connectivity index (χ3n) is 4.91. The molecule has 1 aliphatic heterocycles. The lowest BCUT2D eigenvalue weighted by Gasteiger charge is -2.13. The maximum Gasteiger partial charge on any atom is 0.257 e. The van der Waals surface area contributed by atoms with Crippen LogP contribution in [0.4, 0.5) is 0 Å². The molecule has 25 heavy (non-hydrogen) atoms. The molecule has 0 radical (unpaired) electrons.